The fourth-order valence-corrected chi connectivity index (χ4v) is 3.83. The van der Waals surface area contributed by atoms with E-state index in [-0.39, 0.29) is 12.5 Å². The maximum Gasteiger partial charge on any atom is 0.286 e. The smallest absolute Gasteiger partial charge is 0.286 e. The number of ether oxygens (including phenoxy) is 1. The molecule has 3 aromatic rings. The molecule has 4 nitrogen and oxygen atoms in total. The van der Waals surface area contributed by atoms with Crippen molar-refractivity contribution in [3.63, 3.8) is 0 Å². The lowest BCUT2D eigenvalue weighted by atomic mass is 10.3. The SMILES string of the molecule is C=CCn1c(=NC(=O)COc2ccc(Cl)cc2)sc2cccc(Cl)c21. The van der Waals surface area contributed by atoms with Gasteiger partial charge in [0.25, 0.3) is 5.91 Å². The minimum absolute atomic E-state index is 0.155. The number of amides is 1. The molecule has 3 rings (SSSR count). The highest BCUT2D eigenvalue weighted by molar-refractivity contribution is 7.16. The lowest BCUT2D eigenvalue weighted by Crippen LogP contribution is -2.19. The number of aromatic nitrogens is 1. The Morgan fingerprint density at radius 1 is 1.24 bits per heavy atom. The first-order chi connectivity index (χ1) is 12.1. The molecule has 1 aromatic heterocycles. The van der Waals surface area contributed by atoms with E-state index in [2.05, 4.69) is 11.6 Å². The van der Waals surface area contributed by atoms with E-state index in [9.17, 15) is 4.79 Å². The van der Waals surface area contributed by atoms with Crippen LogP contribution in [0.25, 0.3) is 10.2 Å². The van der Waals surface area contributed by atoms with Gasteiger partial charge in [0.2, 0.25) is 0 Å². The summed E-state index contributed by atoms with van der Waals surface area (Å²) in [6.07, 6.45) is 1.74. The number of hydrogen-bond acceptors (Lipinski definition) is 3. The van der Waals surface area contributed by atoms with Crippen LogP contribution in [-0.2, 0) is 11.3 Å². The lowest BCUT2D eigenvalue weighted by Gasteiger charge is -2.04. The van der Waals surface area contributed by atoms with Crippen molar-refractivity contribution in [2.45, 2.75) is 6.54 Å². The molecule has 0 spiro atoms. The van der Waals surface area contributed by atoms with Gasteiger partial charge >= 0.3 is 0 Å². The predicted molar refractivity (Wildman–Crippen MR) is 103 cm³/mol. The van der Waals surface area contributed by atoms with Gasteiger partial charge in [0.05, 0.1) is 15.2 Å². The van der Waals surface area contributed by atoms with Gasteiger partial charge in [-0.3, -0.25) is 4.79 Å². The molecule has 25 heavy (non-hydrogen) atoms. The molecule has 7 heteroatoms. The molecule has 0 saturated heterocycles. The monoisotopic (exact) mass is 392 g/mol. The second kappa shape index (κ2) is 7.87. The van der Waals surface area contributed by atoms with Crippen LogP contribution in [0.5, 0.6) is 5.75 Å². The van der Waals surface area contributed by atoms with Crippen LogP contribution >= 0.6 is 34.5 Å². The molecule has 0 aliphatic heterocycles. The third-order valence-corrected chi connectivity index (χ3v) is 4.96. The summed E-state index contributed by atoms with van der Waals surface area (Å²) < 4.78 is 8.27. The van der Waals surface area contributed by atoms with E-state index in [4.69, 9.17) is 27.9 Å². The zero-order chi connectivity index (χ0) is 17.8. The van der Waals surface area contributed by atoms with Gasteiger partial charge in [-0.25, -0.2) is 0 Å². The Labute approximate surface area is 158 Å². The molecular weight excluding hydrogens is 379 g/mol. The first-order valence-corrected chi connectivity index (χ1v) is 9.00. The quantitative estimate of drug-likeness (QED) is 0.590. The number of hydrogen-bond donors (Lipinski definition) is 0. The number of benzene rings is 2. The van der Waals surface area contributed by atoms with Gasteiger partial charge < -0.3 is 9.30 Å². The largest absolute Gasteiger partial charge is 0.484 e. The summed E-state index contributed by atoms with van der Waals surface area (Å²) in [6, 6.07) is 12.4. The minimum Gasteiger partial charge on any atom is -0.484 e. The molecule has 0 N–H and O–H groups in total. The van der Waals surface area contributed by atoms with Crippen molar-refractivity contribution in [2.24, 2.45) is 4.99 Å². The predicted octanol–water partition coefficient (Wildman–Crippen LogP) is 4.70. The second-order valence-electron chi connectivity index (χ2n) is 5.12. The molecule has 128 valence electrons. The van der Waals surface area contributed by atoms with Crippen LogP contribution in [0.2, 0.25) is 10.0 Å². The number of fused-ring (bicyclic) bond motifs is 1. The molecule has 0 bridgehead atoms. The van der Waals surface area contributed by atoms with Gasteiger partial charge in [0.1, 0.15) is 5.75 Å². The van der Waals surface area contributed by atoms with Gasteiger partial charge in [-0.1, -0.05) is 46.7 Å². The van der Waals surface area contributed by atoms with E-state index < -0.39 is 0 Å². The highest BCUT2D eigenvalue weighted by atomic mass is 35.5. The molecule has 0 saturated carbocycles. The van der Waals surface area contributed by atoms with Crippen LogP contribution in [0.3, 0.4) is 0 Å². The van der Waals surface area contributed by atoms with Gasteiger partial charge in [-0.15, -0.1) is 6.58 Å². The van der Waals surface area contributed by atoms with E-state index in [1.807, 2.05) is 22.8 Å². The average molecular weight is 393 g/mol. The number of carbonyl (C=O) groups is 1. The number of para-hydroxylation sites is 1. The standard InChI is InChI=1S/C18H14Cl2N2O2S/c1-2-10-22-17-14(20)4-3-5-15(17)25-18(22)21-16(23)11-24-13-8-6-12(19)7-9-13/h2-9H,1,10-11H2. The third-order valence-electron chi connectivity index (χ3n) is 3.36. The Hall–Kier alpha value is -2.08. The third kappa shape index (κ3) is 4.12. The Balaban J connectivity index is 1.88. The Morgan fingerprint density at radius 2 is 2.00 bits per heavy atom. The van der Waals surface area contributed by atoms with Crippen molar-refractivity contribution < 1.29 is 9.53 Å². The van der Waals surface area contributed by atoms with Crippen molar-refractivity contribution in [1.82, 2.24) is 4.57 Å². The normalized spacial score (nSPS) is 11.7. The Morgan fingerprint density at radius 3 is 2.72 bits per heavy atom. The zero-order valence-electron chi connectivity index (χ0n) is 13.1. The molecule has 0 radical (unpaired) electrons. The van der Waals surface area contributed by atoms with Gasteiger partial charge in [-0.05, 0) is 36.4 Å². The maximum absolute atomic E-state index is 12.2. The molecule has 1 amide bonds. The molecule has 0 atom stereocenters. The van der Waals surface area contributed by atoms with E-state index in [0.717, 1.165) is 10.2 Å². The number of allylic oxidation sites excluding steroid dienone is 1. The first kappa shape index (κ1) is 17.7. The number of nitrogens with zero attached hydrogens (tertiary/aromatic N) is 2. The molecular formula is C18H14Cl2N2O2S. The van der Waals surface area contributed by atoms with Crippen LogP contribution in [0.15, 0.2) is 60.1 Å². The highest BCUT2D eigenvalue weighted by Crippen LogP contribution is 2.25. The average Bonchev–Trinajstić information content (AvgIpc) is 2.93. The number of halogens is 2. The Bertz CT molecular complexity index is 990. The summed E-state index contributed by atoms with van der Waals surface area (Å²) >= 11 is 13.5. The topological polar surface area (TPSA) is 43.6 Å². The first-order valence-electron chi connectivity index (χ1n) is 7.43. The van der Waals surface area contributed by atoms with Crippen LogP contribution in [0.1, 0.15) is 0 Å². The van der Waals surface area contributed by atoms with E-state index >= 15 is 0 Å². The molecule has 1 heterocycles. The highest BCUT2D eigenvalue weighted by Gasteiger charge is 2.10. The van der Waals surface area contributed by atoms with E-state index in [1.165, 1.54) is 11.3 Å². The van der Waals surface area contributed by atoms with Crippen molar-refractivity contribution in [3.05, 3.63) is 70.0 Å². The molecule has 2 aromatic carbocycles. The van der Waals surface area contributed by atoms with E-state index in [1.54, 1.807) is 30.3 Å². The van der Waals surface area contributed by atoms with Crippen LogP contribution in [-0.4, -0.2) is 17.1 Å². The zero-order valence-corrected chi connectivity index (χ0v) is 15.4. The summed E-state index contributed by atoms with van der Waals surface area (Å²) in [7, 11) is 0. The fraction of sp³-hybridized carbons (Fsp3) is 0.111. The van der Waals surface area contributed by atoms with Gasteiger partial charge in [-0.2, -0.15) is 4.99 Å². The molecule has 0 unspecified atom stereocenters. The summed E-state index contributed by atoms with van der Waals surface area (Å²) in [5.74, 6) is 0.182. The lowest BCUT2D eigenvalue weighted by molar-refractivity contribution is -0.120. The molecule has 0 fully saturated rings. The minimum atomic E-state index is -0.379. The van der Waals surface area contributed by atoms with Crippen molar-refractivity contribution >= 4 is 50.7 Å². The van der Waals surface area contributed by atoms with Gasteiger partial charge in [0, 0.05) is 11.6 Å². The number of carbonyl (C=O) groups excluding carboxylic acids is 1. The van der Waals surface area contributed by atoms with E-state index in [0.29, 0.717) is 27.1 Å². The van der Waals surface area contributed by atoms with Crippen LogP contribution < -0.4 is 9.54 Å². The van der Waals surface area contributed by atoms with Crippen molar-refractivity contribution in [3.8, 4) is 5.75 Å². The fourth-order valence-electron chi connectivity index (χ4n) is 2.29. The van der Waals surface area contributed by atoms with Gasteiger partial charge in [0.15, 0.2) is 11.4 Å². The molecule has 0 aliphatic rings. The van der Waals surface area contributed by atoms with Crippen molar-refractivity contribution in [2.75, 3.05) is 6.61 Å². The second-order valence-corrected chi connectivity index (χ2v) is 6.97. The molecule has 0 aliphatic carbocycles. The summed E-state index contributed by atoms with van der Waals surface area (Å²) in [4.78, 5) is 16.9. The number of thiazole rings is 1. The number of rotatable bonds is 5. The van der Waals surface area contributed by atoms with Crippen molar-refractivity contribution in [1.29, 1.82) is 0 Å². The summed E-state index contributed by atoms with van der Waals surface area (Å²) in [6.45, 7) is 4.11. The maximum atomic E-state index is 12.2. The van der Waals surface area contributed by atoms with Crippen LogP contribution in [0.4, 0.5) is 0 Å². The van der Waals surface area contributed by atoms with Crippen LogP contribution in [0, 0.1) is 0 Å². The summed E-state index contributed by atoms with van der Waals surface area (Å²) in [5, 5.41) is 1.22. The Kier molecular flexibility index (Phi) is 5.58. The summed E-state index contributed by atoms with van der Waals surface area (Å²) in [5.41, 5.74) is 0.847.